The third-order valence-electron chi connectivity index (χ3n) is 3.96. The van der Waals surface area contributed by atoms with Crippen LogP contribution in [0.1, 0.15) is 32.6 Å². The molecule has 1 heterocycles. The Labute approximate surface area is 117 Å². The van der Waals surface area contributed by atoms with E-state index in [1.54, 1.807) is 12.1 Å². The molecule has 0 spiro atoms. The van der Waals surface area contributed by atoms with Crippen molar-refractivity contribution < 1.29 is 13.0 Å². The minimum atomic E-state index is -3.60. The Morgan fingerprint density at radius 1 is 1.25 bits per heavy atom. The van der Waals surface area contributed by atoms with Gasteiger partial charge in [0.05, 0.1) is 0 Å². The first-order valence-electron chi connectivity index (χ1n) is 6.81. The van der Waals surface area contributed by atoms with Crippen LogP contribution in [0.25, 0.3) is 11.0 Å². The number of benzene rings is 1. The van der Waals surface area contributed by atoms with Crippen LogP contribution in [0.5, 0.6) is 0 Å². The first kappa shape index (κ1) is 13.5. The van der Waals surface area contributed by atoms with Crippen LogP contribution < -0.4 is 4.72 Å². The molecule has 0 bridgehead atoms. The summed E-state index contributed by atoms with van der Waals surface area (Å²) in [6.45, 7) is 2.09. The van der Waals surface area contributed by atoms with Crippen molar-refractivity contribution in [2.24, 2.45) is 5.92 Å². The van der Waals surface area contributed by atoms with Gasteiger partial charge in [-0.25, -0.2) is 17.8 Å². The van der Waals surface area contributed by atoms with Gasteiger partial charge in [0.2, 0.25) is 10.0 Å². The normalized spacial score (nSPS) is 24.1. The van der Waals surface area contributed by atoms with Crippen LogP contribution in [0, 0.1) is 5.92 Å². The van der Waals surface area contributed by atoms with Crippen LogP contribution in [0.15, 0.2) is 27.7 Å². The number of hydrogen-bond donors (Lipinski definition) is 1. The smallest absolute Gasteiger partial charge is 0.243 e. The lowest BCUT2D eigenvalue weighted by molar-refractivity contribution is 0.310. The van der Waals surface area contributed by atoms with Crippen molar-refractivity contribution >= 4 is 21.1 Å². The lowest BCUT2D eigenvalue weighted by atomic mass is 9.87. The second-order valence-electron chi connectivity index (χ2n) is 5.38. The number of nitrogens with one attached hydrogen (secondary N) is 1. The number of rotatable bonds is 3. The van der Waals surface area contributed by atoms with Crippen LogP contribution in [0.4, 0.5) is 0 Å². The molecule has 0 saturated heterocycles. The van der Waals surface area contributed by atoms with Crippen molar-refractivity contribution in [1.82, 2.24) is 15.0 Å². The van der Waals surface area contributed by atoms with E-state index >= 15 is 0 Å². The summed E-state index contributed by atoms with van der Waals surface area (Å²) in [5.74, 6) is 0.355. The van der Waals surface area contributed by atoms with Gasteiger partial charge in [0.25, 0.3) is 0 Å². The van der Waals surface area contributed by atoms with E-state index in [0.717, 1.165) is 19.3 Å². The fraction of sp³-hybridized carbons (Fsp3) is 0.538. The van der Waals surface area contributed by atoms with E-state index in [4.69, 9.17) is 0 Å². The lowest BCUT2D eigenvalue weighted by Crippen LogP contribution is -2.41. The predicted octanol–water partition coefficient (Wildman–Crippen LogP) is 2.08. The fourth-order valence-electron chi connectivity index (χ4n) is 2.75. The minimum Gasteiger partial charge on any atom is -0.243 e. The van der Waals surface area contributed by atoms with Gasteiger partial charge in [-0.3, -0.25) is 0 Å². The predicted molar refractivity (Wildman–Crippen MR) is 73.5 cm³/mol. The highest BCUT2D eigenvalue weighted by Gasteiger charge is 2.28. The zero-order valence-electron chi connectivity index (χ0n) is 11.2. The summed E-state index contributed by atoms with van der Waals surface area (Å²) in [4.78, 5) is 0.133. The quantitative estimate of drug-likeness (QED) is 0.937. The third kappa shape index (κ3) is 2.43. The van der Waals surface area contributed by atoms with Crippen molar-refractivity contribution in [1.29, 1.82) is 0 Å². The van der Waals surface area contributed by atoms with E-state index in [9.17, 15) is 8.42 Å². The molecular formula is C13H17N3O3S. The molecule has 0 radical (unpaired) electrons. The molecular weight excluding hydrogens is 278 g/mol. The maximum absolute atomic E-state index is 12.5. The molecule has 0 amide bonds. The molecule has 2 unspecified atom stereocenters. The molecule has 1 aromatic carbocycles. The summed E-state index contributed by atoms with van der Waals surface area (Å²) in [7, 11) is -3.60. The average molecular weight is 295 g/mol. The first-order valence-corrected chi connectivity index (χ1v) is 8.30. The van der Waals surface area contributed by atoms with Crippen molar-refractivity contribution in [3.63, 3.8) is 0 Å². The molecule has 1 aromatic heterocycles. The number of fused-ring (bicyclic) bond motifs is 1. The second-order valence-corrected chi connectivity index (χ2v) is 7.06. The zero-order valence-corrected chi connectivity index (χ0v) is 12.1. The number of aromatic nitrogens is 2. The Balaban J connectivity index is 1.93. The summed E-state index contributed by atoms with van der Waals surface area (Å²) < 4.78 is 32.5. The highest BCUT2D eigenvalue weighted by Crippen LogP contribution is 2.26. The molecule has 2 aromatic rings. The van der Waals surface area contributed by atoms with Crippen molar-refractivity contribution in [2.45, 2.75) is 43.5 Å². The summed E-state index contributed by atoms with van der Waals surface area (Å²) in [5, 5.41) is 7.37. The topological polar surface area (TPSA) is 85.1 Å². The van der Waals surface area contributed by atoms with Crippen LogP contribution in [0.3, 0.4) is 0 Å². The number of nitrogens with zero attached hydrogens (tertiary/aromatic N) is 2. The van der Waals surface area contributed by atoms with Gasteiger partial charge in [-0.15, -0.1) is 0 Å². The molecule has 0 aliphatic heterocycles. The SMILES string of the molecule is CC1CCCCC1NS(=O)(=O)c1cccc2nonc12. The number of sulfonamides is 1. The molecule has 108 valence electrons. The number of hydrogen-bond acceptors (Lipinski definition) is 5. The van der Waals surface area contributed by atoms with E-state index in [2.05, 4.69) is 26.6 Å². The highest BCUT2D eigenvalue weighted by molar-refractivity contribution is 7.89. The minimum absolute atomic E-state index is 0.0103. The second kappa shape index (κ2) is 5.14. The van der Waals surface area contributed by atoms with Crippen LogP contribution in [-0.2, 0) is 10.0 Å². The summed E-state index contributed by atoms with van der Waals surface area (Å²) in [6.07, 6.45) is 4.17. The Kier molecular flexibility index (Phi) is 3.47. The average Bonchev–Trinajstić information content (AvgIpc) is 2.89. The van der Waals surface area contributed by atoms with Gasteiger partial charge >= 0.3 is 0 Å². The van der Waals surface area contributed by atoms with Crippen molar-refractivity contribution in [3.8, 4) is 0 Å². The van der Waals surface area contributed by atoms with Crippen LogP contribution in [-0.4, -0.2) is 24.8 Å². The molecule has 1 N–H and O–H groups in total. The summed E-state index contributed by atoms with van der Waals surface area (Å²) in [6, 6.07) is 4.84. The van der Waals surface area contributed by atoms with E-state index in [1.807, 2.05) is 0 Å². The van der Waals surface area contributed by atoms with Gasteiger partial charge < -0.3 is 0 Å². The molecule has 7 heteroatoms. The van der Waals surface area contributed by atoms with Gasteiger partial charge in [0, 0.05) is 6.04 Å². The van der Waals surface area contributed by atoms with Gasteiger partial charge in [-0.05, 0) is 41.2 Å². The Hall–Kier alpha value is -1.47. The maximum Gasteiger partial charge on any atom is 0.243 e. The molecule has 2 atom stereocenters. The molecule has 1 fully saturated rings. The first-order chi connectivity index (χ1) is 9.58. The zero-order chi connectivity index (χ0) is 14.2. The maximum atomic E-state index is 12.5. The van der Waals surface area contributed by atoms with Crippen molar-refractivity contribution in [3.05, 3.63) is 18.2 Å². The Morgan fingerprint density at radius 2 is 2.05 bits per heavy atom. The molecule has 1 aliphatic carbocycles. The van der Waals surface area contributed by atoms with Gasteiger partial charge in [0.1, 0.15) is 10.4 Å². The van der Waals surface area contributed by atoms with Gasteiger partial charge in [-0.1, -0.05) is 25.8 Å². The molecule has 6 nitrogen and oxygen atoms in total. The Morgan fingerprint density at radius 3 is 2.85 bits per heavy atom. The molecule has 1 saturated carbocycles. The Bertz CT molecular complexity index is 710. The molecule has 1 aliphatic rings. The molecule has 3 rings (SSSR count). The third-order valence-corrected chi connectivity index (χ3v) is 5.48. The fourth-order valence-corrected chi connectivity index (χ4v) is 4.28. The van der Waals surface area contributed by atoms with E-state index < -0.39 is 10.0 Å². The standard InChI is InChI=1S/C13H17N3O3S/c1-9-5-2-3-6-10(9)16-20(17,18)12-8-4-7-11-13(12)15-19-14-11/h4,7-10,16H,2-3,5-6H2,1H3. The molecule has 20 heavy (non-hydrogen) atoms. The van der Waals surface area contributed by atoms with Gasteiger partial charge in [-0.2, -0.15) is 0 Å². The summed E-state index contributed by atoms with van der Waals surface area (Å²) in [5.41, 5.74) is 0.730. The highest BCUT2D eigenvalue weighted by atomic mass is 32.2. The van der Waals surface area contributed by atoms with Crippen molar-refractivity contribution in [2.75, 3.05) is 0 Å². The lowest BCUT2D eigenvalue weighted by Gasteiger charge is -2.29. The summed E-state index contributed by atoms with van der Waals surface area (Å²) >= 11 is 0. The largest absolute Gasteiger partial charge is 0.243 e. The van der Waals surface area contributed by atoms with Gasteiger partial charge in [0.15, 0.2) is 5.52 Å². The van der Waals surface area contributed by atoms with E-state index in [-0.39, 0.29) is 16.5 Å². The van der Waals surface area contributed by atoms with E-state index in [1.165, 1.54) is 12.5 Å². The van der Waals surface area contributed by atoms with E-state index in [0.29, 0.717) is 11.4 Å². The van der Waals surface area contributed by atoms with Crippen LogP contribution in [0.2, 0.25) is 0 Å². The monoisotopic (exact) mass is 295 g/mol. The van der Waals surface area contributed by atoms with Crippen LogP contribution >= 0.6 is 0 Å².